The molecule has 0 aliphatic carbocycles. The molecule has 0 saturated carbocycles. The van der Waals surface area contributed by atoms with Crippen molar-refractivity contribution in [3.8, 4) is 11.5 Å². The van der Waals surface area contributed by atoms with E-state index >= 15 is 0 Å². The first-order valence-corrected chi connectivity index (χ1v) is 8.03. The van der Waals surface area contributed by atoms with Crippen LogP contribution in [0.4, 0.5) is 33.1 Å². The highest BCUT2D eigenvalue weighted by molar-refractivity contribution is 5.78. The molecular weight excluding hydrogens is 369 g/mol. The van der Waals surface area contributed by atoms with E-state index in [0.717, 1.165) is 0 Å². The number of nitrogens with one attached hydrogen (secondary N) is 2. The summed E-state index contributed by atoms with van der Waals surface area (Å²) < 4.78 is 23.5. The highest BCUT2D eigenvalue weighted by Gasteiger charge is 2.24. The summed E-state index contributed by atoms with van der Waals surface area (Å²) in [6.45, 7) is 0. The van der Waals surface area contributed by atoms with Crippen LogP contribution in [0.2, 0.25) is 0 Å². The summed E-state index contributed by atoms with van der Waals surface area (Å²) in [6, 6.07) is 10.3. The van der Waals surface area contributed by atoms with E-state index in [9.17, 15) is 14.5 Å². The van der Waals surface area contributed by atoms with E-state index in [4.69, 9.17) is 9.47 Å². The molecule has 2 N–H and O–H groups in total. The second-order valence-corrected chi connectivity index (χ2v) is 5.50. The second-order valence-electron chi connectivity index (χ2n) is 5.50. The normalized spacial score (nSPS) is 10.2. The lowest BCUT2D eigenvalue weighted by molar-refractivity contribution is -0.383. The number of anilines is 4. The van der Waals surface area contributed by atoms with Gasteiger partial charge < -0.3 is 20.1 Å². The van der Waals surface area contributed by atoms with Crippen molar-refractivity contribution in [2.75, 3.05) is 24.9 Å². The molecule has 0 unspecified atom stereocenters. The number of ether oxygens (including phenoxy) is 2. The van der Waals surface area contributed by atoms with E-state index in [0.29, 0.717) is 22.9 Å². The van der Waals surface area contributed by atoms with Gasteiger partial charge in [-0.25, -0.2) is 14.4 Å². The van der Waals surface area contributed by atoms with Crippen LogP contribution < -0.4 is 20.1 Å². The molecule has 0 amide bonds. The van der Waals surface area contributed by atoms with Crippen molar-refractivity contribution in [3.63, 3.8) is 0 Å². The molecule has 144 valence electrons. The number of hydrogen-bond acceptors (Lipinski definition) is 8. The number of halogens is 1. The fraction of sp³-hybridized carbons (Fsp3) is 0.111. The first kappa shape index (κ1) is 18.8. The molecule has 0 atom stereocenters. The summed E-state index contributed by atoms with van der Waals surface area (Å²) in [5.41, 5.74) is 0.527. The predicted octanol–water partition coefficient (Wildman–Crippen LogP) is 4.03. The van der Waals surface area contributed by atoms with Gasteiger partial charge in [-0.1, -0.05) is 0 Å². The Morgan fingerprint density at radius 3 is 2.29 bits per heavy atom. The van der Waals surface area contributed by atoms with Crippen molar-refractivity contribution in [3.05, 3.63) is 64.7 Å². The number of nitro groups is 1. The number of rotatable bonds is 7. The van der Waals surface area contributed by atoms with E-state index < -0.39 is 10.7 Å². The lowest BCUT2D eigenvalue weighted by Crippen LogP contribution is -2.06. The SMILES string of the molecule is COc1ccc(Nc2ncnc(Nc3ccc(F)cc3)c2[N+](=O)[O-])c(OC)c1. The first-order chi connectivity index (χ1) is 13.5. The van der Waals surface area contributed by atoms with Gasteiger partial charge in [0.1, 0.15) is 23.6 Å². The molecule has 28 heavy (non-hydrogen) atoms. The Morgan fingerprint density at radius 1 is 1.00 bits per heavy atom. The smallest absolute Gasteiger partial charge is 0.353 e. The van der Waals surface area contributed by atoms with Crippen molar-refractivity contribution in [2.45, 2.75) is 0 Å². The molecule has 0 radical (unpaired) electrons. The zero-order valence-electron chi connectivity index (χ0n) is 15.0. The van der Waals surface area contributed by atoms with Crippen LogP contribution in [0.25, 0.3) is 0 Å². The van der Waals surface area contributed by atoms with E-state index in [1.165, 1.54) is 44.8 Å². The van der Waals surface area contributed by atoms with Crippen LogP contribution in [0.1, 0.15) is 0 Å². The zero-order valence-corrected chi connectivity index (χ0v) is 15.0. The molecule has 1 aromatic heterocycles. The molecule has 0 fully saturated rings. The molecule has 0 saturated heterocycles. The van der Waals surface area contributed by atoms with E-state index in [-0.39, 0.29) is 17.3 Å². The van der Waals surface area contributed by atoms with Crippen molar-refractivity contribution in [2.24, 2.45) is 0 Å². The maximum Gasteiger partial charge on any atom is 0.353 e. The van der Waals surface area contributed by atoms with E-state index in [2.05, 4.69) is 20.6 Å². The molecule has 0 bridgehead atoms. The van der Waals surface area contributed by atoms with Gasteiger partial charge in [0, 0.05) is 11.8 Å². The molecule has 2 aromatic carbocycles. The van der Waals surface area contributed by atoms with Crippen LogP contribution in [-0.4, -0.2) is 29.1 Å². The third kappa shape index (κ3) is 4.06. The Hall–Kier alpha value is -3.95. The van der Waals surface area contributed by atoms with E-state index in [1.54, 1.807) is 18.2 Å². The average Bonchev–Trinajstić information content (AvgIpc) is 2.70. The quantitative estimate of drug-likeness (QED) is 0.463. The molecule has 3 aromatic rings. The Labute approximate surface area is 159 Å². The molecule has 3 rings (SSSR count). The summed E-state index contributed by atoms with van der Waals surface area (Å²) in [5.74, 6) is 0.491. The van der Waals surface area contributed by atoms with Crippen molar-refractivity contribution < 1.29 is 18.8 Å². The largest absolute Gasteiger partial charge is 0.497 e. The van der Waals surface area contributed by atoms with Gasteiger partial charge in [-0.15, -0.1) is 0 Å². The average molecular weight is 385 g/mol. The maximum absolute atomic E-state index is 13.1. The van der Waals surface area contributed by atoms with Crippen LogP contribution in [0.5, 0.6) is 11.5 Å². The standard InChI is InChI=1S/C18H16FN5O4/c1-27-13-7-8-14(15(9-13)28-2)23-18-16(24(25)26)17(20-10-21-18)22-12-5-3-11(19)4-6-12/h3-10H,1-2H3,(H2,20,21,22,23). The second kappa shape index (κ2) is 8.16. The molecule has 9 nitrogen and oxygen atoms in total. The lowest BCUT2D eigenvalue weighted by Gasteiger charge is -2.13. The highest BCUT2D eigenvalue weighted by atomic mass is 19.1. The van der Waals surface area contributed by atoms with Gasteiger partial charge in [0.2, 0.25) is 11.6 Å². The summed E-state index contributed by atoms with van der Waals surface area (Å²) in [4.78, 5) is 19.0. The minimum absolute atomic E-state index is 0.0342. The Morgan fingerprint density at radius 2 is 1.68 bits per heavy atom. The monoisotopic (exact) mass is 385 g/mol. The van der Waals surface area contributed by atoms with Crippen molar-refractivity contribution in [1.29, 1.82) is 0 Å². The van der Waals surface area contributed by atoms with Gasteiger partial charge in [0.25, 0.3) is 0 Å². The third-order valence-corrected chi connectivity index (χ3v) is 3.77. The highest BCUT2D eigenvalue weighted by Crippen LogP contribution is 2.36. The minimum atomic E-state index is -0.607. The van der Waals surface area contributed by atoms with Crippen molar-refractivity contribution in [1.82, 2.24) is 9.97 Å². The number of nitrogens with zero attached hydrogens (tertiary/aromatic N) is 3. The van der Waals surface area contributed by atoms with Crippen LogP contribution >= 0.6 is 0 Å². The Kier molecular flexibility index (Phi) is 5.49. The minimum Gasteiger partial charge on any atom is -0.497 e. The Bertz CT molecular complexity index is 998. The van der Waals surface area contributed by atoms with Crippen LogP contribution in [-0.2, 0) is 0 Å². The topological polar surface area (TPSA) is 111 Å². The van der Waals surface area contributed by atoms with Crippen LogP contribution in [0.3, 0.4) is 0 Å². The van der Waals surface area contributed by atoms with Crippen LogP contribution in [0, 0.1) is 15.9 Å². The van der Waals surface area contributed by atoms with Gasteiger partial charge in [-0.05, 0) is 36.4 Å². The molecule has 0 aliphatic heterocycles. The van der Waals surface area contributed by atoms with Crippen LogP contribution in [0.15, 0.2) is 48.8 Å². The fourth-order valence-corrected chi connectivity index (χ4v) is 2.43. The summed E-state index contributed by atoms with van der Waals surface area (Å²) in [6.07, 6.45) is 1.18. The van der Waals surface area contributed by atoms with Gasteiger partial charge in [0.05, 0.1) is 24.8 Å². The fourth-order valence-electron chi connectivity index (χ4n) is 2.43. The maximum atomic E-state index is 13.1. The molecule has 1 heterocycles. The number of hydrogen-bond donors (Lipinski definition) is 2. The Balaban J connectivity index is 1.98. The number of aromatic nitrogens is 2. The lowest BCUT2D eigenvalue weighted by atomic mass is 10.2. The van der Waals surface area contributed by atoms with Gasteiger partial charge in [-0.3, -0.25) is 10.1 Å². The van der Waals surface area contributed by atoms with Crippen molar-refractivity contribution >= 4 is 28.7 Å². The molecule has 0 spiro atoms. The summed E-state index contributed by atoms with van der Waals surface area (Å²) in [7, 11) is 2.99. The van der Waals surface area contributed by atoms with Gasteiger partial charge in [-0.2, -0.15) is 0 Å². The molecular formula is C18H16FN5O4. The third-order valence-electron chi connectivity index (χ3n) is 3.77. The number of methoxy groups -OCH3 is 2. The zero-order chi connectivity index (χ0) is 20.1. The van der Waals surface area contributed by atoms with Gasteiger partial charge in [0.15, 0.2) is 0 Å². The first-order valence-electron chi connectivity index (χ1n) is 8.03. The predicted molar refractivity (Wildman–Crippen MR) is 101 cm³/mol. The van der Waals surface area contributed by atoms with E-state index in [1.807, 2.05) is 0 Å². The summed E-state index contributed by atoms with van der Waals surface area (Å²) in [5, 5.41) is 17.4. The summed E-state index contributed by atoms with van der Waals surface area (Å²) >= 11 is 0. The molecule has 0 aliphatic rings. The molecule has 10 heteroatoms. The number of benzene rings is 2. The van der Waals surface area contributed by atoms with Gasteiger partial charge >= 0.3 is 5.69 Å².